The zero-order valence-corrected chi connectivity index (χ0v) is 10.2. The molecule has 0 saturated heterocycles. The Morgan fingerprint density at radius 1 is 1.13 bits per heavy atom. The first kappa shape index (κ1) is 11.8. The zero-order valence-electron chi connectivity index (χ0n) is 10.2. The number of nitrogens with zero attached hydrogens (tertiary/aromatic N) is 1. The minimum absolute atomic E-state index is 0.0950. The van der Waals surface area contributed by atoms with Crippen molar-refractivity contribution in [2.75, 3.05) is 11.9 Å². The zero-order chi connectivity index (χ0) is 11.6. The van der Waals surface area contributed by atoms with Crippen LogP contribution in [0.5, 0.6) is 0 Å². The Morgan fingerprint density at radius 2 is 1.60 bits per heavy atom. The monoisotopic (exact) mass is 205 g/mol. The van der Waals surface area contributed by atoms with Gasteiger partial charge in [0.15, 0.2) is 5.78 Å². The van der Waals surface area contributed by atoms with E-state index in [0.717, 1.165) is 11.3 Å². The van der Waals surface area contributed by atoms with E-state index in [9.17, 15) is 4.79 Å². The molecular weight excluding hydrogens is 186 g/mol. The van der Waals surface area contributed by atoms with E-state index in [4.69, 9.17) is 0 Å². The summed E-state index contributed by atoms with van der Waals surface area (Å²) in [4.78, 5) is 13.3. The Labute approximate surface area is 91.9 Å². The summed E-state index contributed by atoms with van der Waals surface area (Å²) >= 11 is 0. The molecule has 15 heavy (non-hydrogen) atoms. The molecule has 1 aromatic carbocycles. The molecule has 2 heteroatoms. The highest BCUT2D eigenvalue weighted by atomic mass is 16.1. The number of hydrogen-bond donors (Lipinski definition) is 0. The highest BCUT2D eigenvalue weighted by molar-refractivity contribution is 5.94. The fourth-order valence-electron chi connectivity index (χ4n) is 1.31. The summed E-state index contributed by atoms with van der Waals surface area (Å²) in [5.41, 5.74) is 1.99. The predicted octanol–water partition coefficient (Wildman–Crippen LogP) is 3.12. The number of benzene rings is 1. The third kappa shape index (κ3) is 2.82. The third-order valence-electron chi connectivity index (χ3n) is 2.67. The molecule has 0 aromatic heterocycles. The third-order valence-corrected chi connectivity index (χ3v) is 2.67. The van der Waals surface area contributed by atoms with E-state index in [0.29, 0.717) is 0 Å². The average molecular weight is 205 g/mol. The van der Waals surface area contributed by atoms with Gasteiger partial charge in [-0.15, -0.1) is 0 Å². The van der Waals surface area contributed by atoms with Gasteiger partial charge in [-0.05, 0) is 52.0 Å². The molecule has 1 rings (SSSR count). The number of rotatable bonds is 2. The van der Waals surface area contributed by atoms with Gasteiger partial charge in [0.25, 0.3) is 0 Å². The number of ketones is 1. The lowest BCUT2D eigenvalue weighted by molar-refractivity contribution is 0.101. The smallest absolute Gasteiger partial charge is 0.159 e. The molecule has 0 radical (unpaired) electrons. The van der Waals surface area contributed by atoms with Crippen molar-refractivity contribution in [2.24, 2.45) is 0 Å². The van der Waals surface area contributed by atoms with E-state index in [-0.39, 0.29) is 11.3 Å². The van der Waals surface area contributed by atoms with Crippen LogP contribution in [0.25, 0.3) is 0 Å². The summed E-state index contributed by atoms with van der Waals surface area (Å²) in [5, 5.41) is 0. The van der Waals surface area contributed by atoms with E-state index in [1.807, 2.05) is 24.3 Å². The second-order valence-electron chi connectivity index (χ2n) is 4.83. The molecule has 0 atom stereocenters. The van der Waals surface area contributed by atoms with Gasteiger partial charge < -0.3 is 4.90 Å². The molecular formula is C13H19NO. The molecule has 0 heterocycles. The largest absolute Gasteiger partial charge is 0.370 e. The van der Waals surface area contributed by atoms with Crippen LogP contribution in [0.2, 0.25) is 0 Å². The lowest BCUT2D eigenvalue weighted by atomic mass is 10.0. The fourth-order valence-corrected chi connectivity index (χ4v) is 1.31. The van der Waals surface area contributed by atoms with E-state index >= 15 is 0 Å². The Morgan fingerprint density at radius 3 is 1.93 bits per heavy atom. The van der Waals surface area contributed by atoms with E-state index in [2.05, 4.69) is 32.7 Å². The SMILES string of the molecule is CC(=O)c1ccc(N(C)C(C)(C)C)cc1. The first-order valence-electron chi connectivity index (χ1n) is 5.17. The second kappa shape index (κ2) is 4.05. The van der Waals surface area contributed by atoms with Gasteiger partial charge in [0.2, 0.25) is 0 Å². The Balaban J connectivity index is 2.94. The number of anilines is 1. The summed E-state index contributed by atoms with van der Waals surface area (Å²) in [6, 6.07) is 7.73. The summed E-state index contributed by atoms with van der Waals surface area (Å²) < 4.78 is 0. The van der Waals surface area contributed by atoms with Crippen LogP contribution in [0.3, 0.4) is 0 Å². The van der Waals surface area contributed by atoms with Gasteiger partial charge in [-0.3, -0.25) is 4.79 Å². The second-order valence-corrected chi connectivity index (χ2v) is 4.83. The van der Waals surface area contributed by atoms with Gasteiger partial charge in [-0.25, -0.2) is 0 Å². The van der Waals surface area contributed by atoms with Gasteiger partial charge in [-0.1, -0.05) is 0 Å². The van der Waals surface area contributed by atoms with Crippen LogP contribution in [0.1, 0.15) is 38.1 Å². The maximum Gasteiger partial charge on any atom is 0.159 e. The van der Waals surface area contributed by atoms with Crippen LogP contribution in [0.4, 0.5) is 5.69 Å². The van der Waals surface area contributed by atoms with Crippen LogP contribution in [-0.4, -0.2) is 18.4 Å². The maximum atomic E-state index is 11.1. The number of Topliss-reactive ketones (excluding diaryl/α,β-unsaturated/α-hetero) is 1. The van der Waals surface area contributed by atoms with Crippen molar-refractivity contribution < 1.29 is 4.79 Å². The van der Waals surface area contributed by atoms with Crippen molar-refractivity contribution in [2.45, 2.75) is 33.2 Å². The van der Waals surface area contributed by atoms with Crippen molar-refractivity contribution in [1.82, 2.24) is 0 Å². The molecule has 2 nitrogen and oxygen atoms in total. The summed E-state index contributed by atoms with van der Waals surface area (Å²) in [7, 11) is 2.06. The molecule has 0 saturated carbocycles. The number of hydrogen-bond acceptors (Lipinski definition) is 2. The first-order chi connectivity index (χ1) is 6.82. The molecule has 0 spiro atoms. The summed E-state index contributed by atoms with van der Waals surface area (Å²) in [6.07, 6.45) is 0. The number of carbonyl (C=O) groups is 1. The maximum absolute atomic E-state index is 11.1. The lowest BCUT2D eigenvalue weighted by Gasteiger charge is -2.34. The summed E-state index contributed by atoms with van der Waals surface area (Å²) in [6.45, 7) is 8.06. The highest BCUT2D eigenvalue weighted by Gasteiger charge is 2.17. The normalized spacial score (nSPS) is 11.3. The lowest BCUT2D eigenvalue weighted by Crippen LogP contribution is -2.37. The Kier molecular flexibility index (Phi) is 3.18. The number of carbonyl (C=O) groups excluding carboxylic acids is 1. The molecule has 0 bridgehead atoms. The van der Waals surface area contributed by atoms with Gasteiger partial charge >= 0.3 is 0 Å². The van der Waals surface area contributed by atoms with Crippen LogP contribution in [0.15, 0.2) is 24.3 Å². The highest BCUT2D eigenvalue weighted by Crippen LogP contribution is 2.21. The molecule has 0 unspecified atom stereocenters. The van der Waals surface area contributed by atoms with E-state index < -0.39 is 0 Å². The molecule has 0 fully saturated rings. The van der Waals surface area contributed by atoms with Gasteiger partial charge in [0.1, 0.15) is 0 Å². The minimum Gasteiger partial charge on any atom is -0.370 e. The molecule has 1 aromatic rings. The van der Waals surface area contributed by atoms with Crippen molar-refractivity contribution in [3.05, 3.63) is 29.8 Å². The fraction of sp³-hybridized carbons (Fsp3) is 0.462. The van der Waals surface area contributed by atoms with Crippen molar-refractivity contribution >= 4 is 11.5 Å². The predicted molar refractivity (Wildman–Crippen MR) is 64.6 cm³/mol. The van der Waals surface area contributed by atoms with Crippen LogP contribution < -0.4 is 4.90 Å². The molecule has 82 valence electrons. The Bertz CT molecular complexity index is 346. The van der Waals surface area contributed by atoms with Crippen molar-refractivity contribution in [1.29, 1.82) is 0 Å². The minimum atomic E-state index is 0.0950. The first-order valence-corrected chi connectivity index (χ1v) is 5.17. The average Bonchev–Trinajstić information content (AvgIpc) is 2.15. The van der Waals surface area contributed by atoms with Crippen molar-refractivity contribution in [3.63, 3.8) is 0 Å². The van der Waals surface area contributed by atoms with Gasteiger partial charge in [0.05, 0.1) is 0 Å². The van der Waals surface area contributed by atoms with Crippen LogP contribution in [0, 0.1) is 0 Å². The van der Waals surface area contributed by atoms with E-state index in [1.165, 1.54) is 0 Å². The molecule has 0 amide bonds. The van der Waals surface area contributed by atoms with Crippen molar-refractivity contribution in [3.8, 4) is 0 Å². The topological polar surface area (TPSA) is 20.3 Å². The molecule has 0 aliphatic heterocycles. The standard InChI is InChI=1S/C13H19NO/c1-10(15)11-6-8-12(9-7-11)14(5)13(2,3)4/h6-9H,1-5H3. The Hall–Kier alpha value is -1.31. The molecule has 0 aliphatic carbocycles. The summed E-state index contributed by atoms with van der Waals surface area (Å²) in [5.74, 6) is 0.111. The van der Waals surface area contributed by atoms with E-state index in [1.54, 1.807) is 6.92 Å². The van der Waals surface area contributed by atoms with Crippen LogP contribution in [-0.2, 0) is 0 Å². The molecule has 0 aliphatic rings. The molecule has 0 N–H and O–H groups in total. The van der Waals surface area contributed by atoms with Crippen LogP contribution >= 0.6 is 0 Å². The van der Waals surface area contributed by atoms with Gasteiger partial charge in [0, 0.05) is 23.8 Å². The quantitative estimate of drug-likeness (QED) is 0.691. The van der Waals surface area contributed by atoms with Gasteiger partial charge in [-0.2, -0.15) is 0 Å².